The van der Waals surface area contributed by atoms with Gasteiger partial charge in [0.05, 0.1) is 17.9 Å². The predicted molar refractivity (Wildman–Crippen MR) is 88.4 cm³/mol. The van der Waals surface area contributed by atoms with Gasteiger partial charge in [-0.1, -0.05) is 0 Å². The molecule has 0 fully saturated rings. The largest absolute Gasteiger partial charge is 0.350 e. The Labute approximate surface area is 139 Å². The Morgan fingerprint density at radius 1 is 1.29 bits per heavy atom. The second-order valence-corrected chi connectivity index (χ2v) is 5.91. The van der Waals surface area contributed by atoms with Crippen LogP contribution >= 0.6 is 0 Å². The second kappa shape index (κ2) is 6.38. The van der Waals surface area contributed by atoms with E-state index in [-0.39, 0.29) is 5.91 Å². The number of amides is 1. The summed E-state index contributed by atoms with van der Waals surface area (Å²) in [4.78, 5) is 20.7. The molecule has 3 aromatic rings. The average molecular weight is 327 g/mol. The highest BCUT2D eigenvalue weighted by Crippen LogP contribution is 2.14. The molecular weight excluding hydrogens is 306 g/mol. The van der Waals surface area contributed by atoms with Crippen LogP contribution < -0.4 is 5.32 Å². The van der Waals surface area contributed by atoms with Gasteiger partial charge in [0.2, 0.25) is 5.91 Å². The van der Waals surface area contributed by atoms with Gasteiger partial charge in [-0.25, -0.2) is 9.50 Å². The van der Waals surface area contributed by atoms with Crippen molar-refractivity contribution in [2.24, 2.45) is 7.05 Å². The van der Waals surface area contributed by atoms with Gasteiger partial charge in [-0.15, -0.1) is 0 Å². The maximum absolute atomic E-state index is 12.1. The van der Waals surface area contributed by atoms with Crippen molar-refractivity contribution >= 4 is 11.7 Å². The number of rotatable bonds is 5. The van der Waals surface area contributed by atoms with Gasteiger partial charge in [-0.05, 0) is 38.8 Å². The first-order valence-corrected chi connectivity index (χ1v) is 7.87. The van der Waals surface area contributed by atoms with Gasteiger partial charge < -0.3 is 5.32 Å². The van der Waals surface area contributed by atoms with Gasteiger partial charge in [0.15, 0.2) is 0 Å². The molecule has 3 aromatic heterocycles. The lowest BCUT2D eigenvalue weighted by Gasteiger charge is -2.10. The zero-order valence-corrected chi connectivity index (χ0v) is 14.4. The van der Waals surface area contributed by atoms with Crippen molar-refractivity contribution in [2.75, 3.05) is 0 Å². The van der Waals surface area contributed by atoms with Crippen molar-refractivity contribution in [3.8, 4) is 0 Å². The number of nitrogens with zero attached hydrogens (tertiary/aromatic N) is 6. The molecule has 1 amide bonds. The summed E-state index contributed by atoms with van der Waals surface area (Å²) in [5.74, 6) is 0.594. The highest BCUT2D eigenvalue weighted by atomic mass is 16.1. The number of nitrogens with one attached hydrogen (secondary N) is 1. The van der Waals surface area contributed by atoms with Crippen molar-refractivity contribution in [3.05, 3.63) is 40.7 Å². The molecule has 0 atom stereocenters. The highest BCUT2D eigenvalue weighted by molar-refractivity contribution is 5.76. The molecule has 0 aliphatic heterocycles. The summed E-state index contributed by atoms with van der Waals surface area (Å²) in [7, 11) is 1.88. The van der Waals surface area contributed by atoms with E-state index in [1.807, 2.05) is 33.9 Å². The fourth-order valence-electron chi connectivity index (χ4n) is 2.86. The van der Waals surface area contributed by atoms with E-state index in [1.165, 1.54) is 6.33 Å². The molecule has 3 rings (SSSR count). The summed E-state index contributed by atoms with van der Waals surface area (Å²) >= 11 is 0. The Hall–Kier alpha value is -2.77. The van der Waals surface area contributed by atoms with Crippen LogP contribution in [0.5, 0.6) is 0 Å². The fraction of sp³-hybridized carbons (Fsp3) is 0.438. The highest BCUT2D eigenvalue weighted by Gasteiger charge is 2.13. The van der Waals surface area contributed by atoms with Gasteiger partial charge in [0.25, 0.3) is 5.78 Å². The average Bonchev–Trinajstić information content (AvgIpc) is 3.11. The van der Waals surface area contributed by atoms with Crippen LogP contribution in [0.15, 0.2) is 12.4 Å². The molecule has 24 heavy (non-hydrogen) atoms. The Morgan fingerprint density at radius 2 is 2.08 bits per heavy atom. The zero-order valence-electron chi connectivity index (χ0n) is 14.4. The number of fused-ring (bicyclic) bond motifs is 1. The first-order chi connectivity index (χ1) is 11.5. The first kappa shape index (κ1) is 16.1. The van der Waals surface area contributed by atoms with Crippen molar-refractivity contribution in [1.29, 1.82) is 0 Å². The van der Waals surface area contributed by atoms with Gasteiger partial charge >= 0.3 is 0 Å². The van der Waals surface area contributed by atoms with Crippen LogP contribution in [0.3, 0.4) is 0 Å². The third kappa shape index (κ3) is 3.12. The molecule has 0 saturated carbocycles. The van der Waals surface area contributed by atoms with Gasteiger partial charge in [-0.3, -0.25) is 9.48 Å². The van der Waals surface area contributed by atoms with Gasteiger partial charge in [-0.2, -0.15) is 15.2 Å². The molecule has 1 N–H and O–H groups in total. The maximum Gasteiger partial charge on any atom is 0.252 e. The van der Waals surface area contributed by atoms with E-state index in [0.717, 1.165) is 28.3 Å². The first-order valence-electron chi connectivity index (χ1n) is 7.87. The minimum atomic E-state index is 0.00587. The van der Waals surface area contributed by atoms with Crippen LogP contribution in [-0.4, -0.2) is 35.3 Å². The van der Waals surface area contributed by atoms with E-state index in [1.54, 1.807) is 9.20 Å². The standard InChI is InChI=1S/C16H21N7O/c1-10-7-13(22(4)21-10)8-17-15(24)6-5-14-11(2)20-16-18-9-19-23(16)12(14)3/h7,9H,5-6,8H2,1-4H3,(H,17,24). The predicted octanol–water partition coefficient (Wildman–Crippen LogP) is 1.03. The molecule has 0 bridgehead atoms. The number of aromatic nitrogens is 6. The van der Waals surface area contributed by atoms with Crippen molar-refractivity contribution < 1.29 is 4.79 Å². The Balaban J connectivity index is 1.63. The third-order valence-corrected chi connectivity index (χ3v) is 4.16. The Kier molecular flexibility index (Phi) is 4.28. The quantitative estimate of drug-likeness (QED) is 0.756. The van der Waals surface area contributed by atoms with Crippen molar-refractivity contribution in [2.45, 2.75) is 40.2 Å². The fourth-order valence-corrected chi connectivity index (χ4v) is 2.86. The van der Waals surface area contributed by atoms with E-state index in [0.29, 0.717) is 25.2 Å². The topological polar surface area (TPSA) is 90.0 Å². The molecule has 0 unspecified atom stereocenters. The lowest BCUT2D eigenvalue weighted by Crippen LogP contribution is -2.24. The number of carbonyl (C=O) groups excluding carboxylic acids is 1. The summed E-state index contributed by atoms with van der Waals surface area (Å²) in [5.41, 5.74) is 4.84. The van der Waals surface area contributed by atoms with Crippen LogP contribution in [-0.2, 0) is 24.8 Å². The van der Waals surface area contributed by atoms with E-state index in [9.17, 15) is 4.79 Å². The van der Waals surface area contributed by atoms with Crippen LogP contribution in [0.4, 0.5) is 0 Å². The summed E-state index contributed by atoms with van der Waals surface area (Å²) < 4.78 is 3.49. The van der Waals surface area contributed by atoms with Crippen LogP contribution in [0, 0.1) is 20.8 Å². The van der Waals surface area contributed by atoms with Crippen molar-refractivity contribution in [1.82, 2.24) is 34.7 Å². The smallest absolute Gasteiger partial charge is 0.252 e. The van der Waals surface area contributed by atoms with Gasteiger partial charge in [0.1, 0.15) is 6.33 Å². The van der Waals surface area contributed by atoms with E-state index in [4.69, 9.17) is 0 Å². The second-order valence-electron chi connectivity index (χ2n) is 5.91. The number of carbonyl (C=O) groups is 1. The summed E-state index contributed by atoms with van der Waals surface area (Å²) in [5, 5.41) is 11.4. The third-order valence-electron chi connectivity index (χ3n) is 4.16. The molecule has 0 spiro atoms. The molecule has 0 aromatic carbocycles. The maximum atomic E-state index is 12.1. The molecular formula is C16H21N7O. The van der Waals surface area contributed by atoms with Gasteiger partial charge in [0, 0.05) is 24.9 Å². The molecule has 3 heterocycles. The Bertz CT molecular complexity index is 893. The molecule has 8 heteroatoms. The van der Waals surface area contributed by atoms with E-state index in [2.05, 4.69) is 25.5 Å². The molecule has 0 aliphatic carbocycles. The van der Waals surface area contributed by atoms with E-state index >= 15 is 0 Å². The molecule has 0 aliphatic rings. The molecule has 8 nitrogen and oxygen atoms in total. The SMILES string of the molecule is Cc1cc(CNC(=O)CCc2c(C)nc3ncnn3c2C)n(C)n1. The lowest BCUT2D eigenvalue weighted by atomic mass is 10.1. The minimum absolute atomic E-state index is 0.00587. The molecule has 126 valence electrons. The monoisotopic (exact) mass is 327 g/mol. The zero-order chi connectivity index (χ0) is 17.3. The summed E-state index contributed by atoms with van der Waals surface area (Å²) in [6.07, 6.45) is 2.51. The van der Waals surface area contributed by atoms with Crippen LogP contribution in [0.1, 0.15) is 34.8 Å². The van der Waals surface area contributed by atoms with Crippen LogP contribution in [0.2, 0.25) is 0 Å². The van der Waals surface area contributed by atoms with E-state index < -0.39 is 0 Å². The minimum Gasteiger partial charge on any atom is -0.350 e. The molecule has 0 saturated heterocycles. The van der Waals surface area contributed by atoms with Crippen LogP contribution in [0.25, 0.3) is 5.78 Å². The normalized spacial score (nSPS) is 11.2. The number of hydrogen-bond acceptors (Lipinski definition) is 5. The molecule has 0 radical (unpaired) electrons. The summed E-state index contributed by atoms with van der Waals surface area (Å²) in [6, 6.07) is 1.97. The van der Waals surface area contributed by atoms with Crippen molar-refractivity contribution in [3.63, 3.8) is 0 Å². The number of hydrogen-bond donors (Lipinski definition) is 1. The lowest BCUT2D eigenvalue weighted by molar-refractivity contribution is -0.121. The Morgan fingerprint density at radius 3 is 2.79 bits per heavy atom. The summed E-state index contributed by atoms with van der Waals surface area (Å²) in [6.45, 7) is 6.33. The number of aryl methyl sites for hydroxylation is 4.